The number of furan rings is 2. The summed E-state index contributed by atoms with van der Waals surface area (Å²) in [5.41, 5.74) is 1.79. The monoisotopic (exact) mass is 416 g/mol. The van der Waals surface area contributed by atoms with Gasteiger partial charge in [0, 0.05) is 40.4 Å². The standard InChI is InChI=1S/C27H23N2O2/c1-14-12-20(29(5)13-15(14)2)23-16(3)28-17(4)24-25-22(31-27(23)24)11-10-19-18-8-6-7-9-21(18)30-26(19)25/h6-13H,1-5H3/q+1/i1D3,2D3,4D3. The molecule has 2 aromatic carbocycles. The van der Waals surface area contributed by atoms with E-state index in [0.717, 1.165) is 10.8 Å². The van der Waals surface area contributed by atoms with Crippen molar-refractivity contribution in [3.63, 3.8) is 0 Å². The van der Waals surface area contributed by atoms with Gasteiger partial charge in [-0.1, -0.05) is 18.2 Å². The van der Waals surface area contributed by atoms with Gasteiger partial charge in [0.15, 0.2) is 11.8 Å². The van der Waals surface area contributed by atoms with Crippen LogP contribution in [0.15, 0.2) is 57.5 Å². The summed E-state index contributed by atoms with van der Waals surface area (Å²) in [7, 11) is 1.59. The molecule has 152 valence electrons. The first kappa shape index (κ1) is 11.1. The molecule has 0 fully saturated rings. The van der Waals surface area contributed by atoms with E-state index in [2.05, 4.69) is 4.98 Å². The van der Waals surface area contributed by atoms with Gasteiger partial charge in [-0.25, -0.2) is 4.57 Å². The Morgan fingerprint density at radius 3 is 2.52 bits per heavy atom. The van der Waals surface area contributed by atoms with Crippen LogP contribution in [-0.4, -0.2) is 4.98 Å². The zero-order valence-electron chi connectivity index (χ0n) is 25.8. The van der Waals surface area contributed by atoms with Crippen LogP contribution in [0, 0.1) is 27.5 Å². The van der Waals surface area contributed by atoms with Crippen molar-refractivity contribution in [1.29, 1.82) is 0 Å². The first-order chi connectivity index (χ1) is 18.6. The number of aryl methyl sites for hydroxylation is 5. The second-order valence-electron chi connectivity index (χ2n) is 7.74. The molecule has 6 rings (SSSR count). The van der Waals surface area contributed by atoms with Crippen LogP contribution in [0.2, 0.25) is 0 Å². The van der Waals surface area contributed by atoms with E-state index in [1.165, 1.54) is 16.8 Å². The minimum Gasteiger partial charge on any atom is -0.455 e. The Hall–Kier alpha value is -3.66. The molecule has 0 N–H and O–H groups in total. The van der Waals surface area contributed by atoms with Gasteiger partial charge in [0.1, 0.15) is 29.4 Å². The molecule has 4 heterocycles. The molecule has 0 amide bonds. The third kappa shape index (κ3) is 2.42. The predicted octanol–water partition coefficient (Wildman–Crippen LogP) is 6.61. The fourth-order valence-electron chi connectivity index (χ4n) is 4.41. The second kappa shape index (κ2) is 6.17. The van der Waals surface area contributed by atoms with Crippen LogP contribution in [0.25, 0.3) is 55.1 Å². The summed E-state index contributed by atoms with van der Waals surface area (Å²) < 4.78 is 86.6. The van der Waals surface area contributed by atoms with Crippen molar-refractivity contribution < 1.29 is 25.7 Å². The van der Waals surface area contributed by atoms with Crippen molar-refractivity contribution in [2.24, 2.45) is 7.05 Å². The number of nitrogens with zero attached hydrogens (tertiary/aromatic N) is 2. The predicted molar refractivity (Wildman–Crippen MR) is 124 cm³/mol. The molecule has 0 spiro atoms. The normalized spacial score (nSPS) is 17.5. The SMILES string of the molecule is [2H]C([2H])([2H])c1cc(-c2c(C)nc(C([2H])([2H])[2H])c3c2oc2ccc4c5ccccc5oc4c23)[n+](C)cc1C([2H])([2H])[2H]. The highest BCUT2D eigenvalue weighted by molar-refractivity contribution is 6.23. The Bertz CT molecular complexity index is 1990. The van der Waals surface area contributed by atoms with E-state index in [4.69, 9.17) is 21.2 Å². The fourth-order valence-corrected chi connectivity index (χ4v) is 4.41. The van der Waals surface area contributed by atoms with Crippen molar-refractivity contribution >= 4 is 43.9 Å². The smallest absolute Gasteiger partial charge is 0.218 e. The third-order valence-corrected chi connectivity index (χ3v) is 5.83. The van der Waals surface area contributed by atoms with Gasteiger partial charge in [-0.3, -0.25) is 4.98 Å². The van der Waals surface area contributed by atoms with E-state index in [-0.39, 0.29) is 33.5 Å². The number of benzene rings is 2. The highest BCUT2D eigenvalue weighted by Crippen LogP contribution is 2.43. The van der Waals surface area contributed by atoms with Gasteiger partial charge in [0.25, 0.3) is 0 Å². The molecule has 0 aliphatic rings. The summed E-state index contributed by atoms with van der Waals surface area (Å²) in [6, 6.07) is 12.4. The van der Waals surface area contributed by atoms with Gasteiger partial charge in [-0.15, -0.1) is 0 Å². The summed E-state index contributed by atoms with van der Waals surface area (Å²) in [6.45, 7) is -6.38. The van der Waals surface area contributed by atoms with Crippen LogP contribution in [0.4, 0.5) is 0 Å². The van der Waals surface area contributed by atoms with E-state index >= 15 is 0 Å². The molecule has 4 aromatic heterocycles. The van der Waals surface area contributed by atoms with Crippen LogP contribution < -0.4 is 4.57 Å². The molecule has 0 aliphatic carbocycles. The van der Waals surface area contributed by atoms with E-state index in [0.29, 0.717) is 33.4 Å². The minimum absolute atomic E-state index is 0.173. The number of aromatic nitrogens is 2. The maximum Gasteiger partial charge on any atom is 0.218 e. The first-order valence-electron chi connectivity index (χ1n) is 14.3. The van der Waals surface area contributed by atoms with Crippen molar-refractivity contribution in [2.75, 3.05) is 0 Å². The van der Waals surface area contributed by atoms with Crippen LogP contribution in [0.5, 0.6) is 0 Å². The molecule has 31 heavy (non-hydrogen) atoms. The van der Waals surface area contributed by atoms with Gasteiger partial charge in [-0.05, 0) is 51.2 Å². The molecule has 6 aromatic rings. The summed E-state index contributed by atoms with van der Waals surface area (Å²) in [5.74, 6) is 0. The summed E-state index contributed by atoms with van der Waals surface area (Å²) >= 11 is 0. The van der Waals surface area contributed by atoms with Gasteiger partial charge in [-0.2, -0.15) is 0 Å². The van der Waals surface area contributed by atoms with E-state index in [1.54, 1.807) is 20.0 Å². The average Bonchev–Trinajstić information content (AvgIpc) is 3.40. The highest BCUT2D eigenvalue weighted by Gasteiger charge is 2.26. The lowest BCUT2D eigenvalue weighted by atomic mass is 10.0. The van der Waals surface area contributed by atoms with Gasteiger partial charge in [0.2, 0.25) is 5.69 Å². The molecular weight excluding hydrogens is 384 g/mol. The Kier molecular flexibility index (Phi) is 2.21. The van der Waals surface area contributed by atoms with Gasteiger partial charge < -0.3 is 8.83 Å². The van der Waals surface area contributed by atoms with Gasteiger partial charge >= 0.3 is 0 Å². The Labute approximate surface area is 192 Å². The maximum absolute atomic E-state index is 8.27. The third-order valence-electron chi connectivity index (χ3n) is 5.83. The highest BCUT2D eigenvalue weighted by atomic mass is 16.3. The number of para-hydroxylation sites is 1. The number of rotatable bonds is 1. The Morgan fingerprint density at radius 2 is 1.68 bits per heavy atom. The molecule has 4 nitrogen and oxygen atoms in total. The van der Waals surface area contributed by atoms with Crippen LogP contribution in [-0.2, 0) is 7.05 Å². The lowest BCUT2D eigenvalue weighted by molar-refractivity contribution is -0.660. The second-order valence-corrected chi connectivity index (χ2v) is 7.74. The number of pyridine rings is 2. The summed E-state index contributed by atoms with van der Waals surface area (Å²) in [6.07, 6.45) is 1.27. The minimum atomic E-state index is -2.72. The first-order valence-corrected chi connectivity index (χ1v) is 9.80. The zero-order valence-corrected chi connectivity index (χ0v) is 16.8. The maximum atomic E-state index is 8.27. The molecule has 0 atom stereocenters. The number of hydrogen-bond acceptors (Lipinski definition) is 3. The van der Waals surface area contributed by atoms with Crippen LogP contribution in [0.3, 0.4) is 0 Å². The Balaban J connectivity index is 1.80. The van der Waals surface area contributed by atoms with E-state index in [9.17, 15) is 0 Å². The molecular formula is C27H23N2O2+. The molecule has 0 bridgehead atoms. The summed E-state index contributed by atoms with van der Waals surface area (Å²) in [5, 5.41) is 2.32. The lowest BCUT2D eigenvalue weighted by Gasteiger charge is -2.08. The van der Waals surface area contributed by atoms with Crippen molar-refractivity contribution in [1.82, 2.24) is 4.98 Å². The largest absolute Gasteiger partial charge is 0.455 e. The van der Waals surface area contributed by atoms with Crippen molar-refractivity contribution in [3.8, 4) is 11.3 Å². The van der Waals surface area contributed by atoms with E-state index < -0.39 is 20.6 Å². The van der Waals surface area contributed by atoms with Crippen LogP contribution >= 0.6 is 0 Å². The summed E-state index contributed by atoms with van der Waals surface area (Å²) in [4.78, 5) is 4.51. The van der Waals surface area contributed by atoms with Crippen molar-refractivity contribution in [2.45, 2.75) is 27.5 Å². The topological polar surface area (TPSA) is 43.1 Å². The zero-order chi connectivity index (χ0) is 28.9. The number of fused-ring (bicyclic) bond motifs is 7. The van der Waals surface area contributed by atoms with Crippen molar-refractivity contribution in [3.05, 3.63) is 71.2 Å². The Morgan fingerprint density at radius 1 is 0.839 bits per heavy atom. The van der Waals surface area contributed by atoms with Crippen LogP contribution in [0.1, 0.15) is 34.9 Å². The average molecular weight is 417 g/mol. The molecule has 0 aliphatic heterocycles. The quantitative estimate of drug-likeness (QED) is 0.283. The van der Waals surface area contributed by atoms with E-state index in [1.807, 2.05) is 30.3 Å². The lowest BCUT2D eigenvalue weighted by Crippen LogP contribution is -2.31. The van der Waals surface area contributed by atoms with Gasteiger partial charge in [0.05, 0.1) is 16.5 Å². The fraction of sp³-hybridized carbons (Fsp3) is 0.185. The molecule has 4 heteroatoms. The number of hydrogen-bond donors (Lipinski definition) is 0. The molecule has 0 unspecified atom stereocenters. The molecule has 0 saturated heterocycles. The molecule has 0 saturated carbocycles. The molecule has 0 radical (unpaired) electrons.